The molecule has 0 saturated carbocycles. The third kappa shape index (κ3) is 4.05. The van der Waals surface area contributed by atoms with Gasteiger partial charge in [0, 0.05) is 25.2 Å². The molecule has 25 heavy (non-hydrogen) atoms. The second-order valence-electron chi connectivity index (χ2n) is 6.47. The van der Waals surface area contributed by atoms with Gasteiger partial charge in [0.2, 0.25) is 0 Å². The van der Waals surface area contributed by atoms with Crippen molar-refractivity contribution in [2.45, 2.75) is 26.9 Å². The molecule has 0 unspecified atom stereocenters. The molecule has 0 atom stereocenters. The van der Waals surface area contributed by atoms with E-state index in [1.807, 2.05) is 6.07 Å². The molecule has 2 aromatic carbocycles. The van der Waals surface area contributed by atoms with Crippen molar-refractivity contribution in [1.82, 2.24) is 9.47 Å². The van der Waals surface area contributed by atoms with Gasteiger partial charge in [0.15, 0.2) is 0 Å². The lowest BCUT2D eigenvalue weighted by molar-refractivity contribution is 0.306. The maximum absolute atomic E-state index is 6.19. The first-order chi connectivity index (χ1) is 12.2. The molecule has 1 heterocycles. The van der Waals surface area contributed by atoms with Crippen molar-refractivity contribution in [3.63, 3.8) is 0 Å². The number of hydrogen-bond donors (Lipinski definition) is 0. The number of rotatable bonds is 8. The van der Waals surface area contributed by atoms with Gasteiger partial charge < -0.3 is 14.2 Å². The summed E-state index contributed by atoms with van der Waals surface area (Å²) in [4.78, 5) is 2.46. The summed E-state index contributed by atoms with van der Waals surface area (Å²) in [7, 11) is 2.12. The quantitative estimate of drug-likeness (QED) is 0.596. The lowest BCUT2D eigenvalue weighted by Gasteiger charge is -2.17. The van der Waals surface area contributed by atoms with E-state index in [2.05, 4.69) is 79.0 Å². The van der Waals surface area contributed by atoms with Crippen LogP contribution in [0.3, 0.4) is 0 Å². The van der Waals surface area contributed by atoms with Crippen LogP contribution >= 0.6 is 0 Å². The number of benzene rings is 2. The molecule has 0 bridgehead atoms. The van der Waals surface area contributed by atoms with Gasteiger partial charge in [0.25, 0.3) is 0 Å². The summed E-state index contributed by atoms with van der Waals surface area (Å²) in [5, 5.41) is 1.26. The second kappa shape index (κ2) is 8.21. The molecule has 0 spiro atoms. The van der Waals surface area contributed by atoms with Gasteiger partial charge in [-0.05, 0) is 42.8 Å². The molecule has 0 fully saturated rings. The number of ether oxygens (including phenoxy) is 1. The standard InChI is InChI=1S/C22H28N2O/c1-4-24(5-2)15-14-19-16-23(3)20-12-9-13-21(22(19)20)25-17-18-10-7-6-8-11-18/h6-13,16H,4-5,14-15,17H2,1-3H3. The zero-order valence-corrected chi connectivity index (χ0v) is 15.5. The Morgan fingerprint density at radius 1 is 0.960 bits per heavy atom. The van der Waals surface area contributed by atoms with E-state index in [0.29, 0.717) is 6.61 Å². The van der Waals surface area contributed by atoms with Crippen LogP contribution in [0, 0.1) is 0 Å². The van der Waals surface area contributed by atoms with Crippen LogP contribution in [0.15, 0.2) is 54.7 Å². The lowest BCUT2D eigenvalue weighted by Crippen LogP contribution is -2.25. The summed E-state index contributed by atoms with van der Waals surface area (Å²) in [5.74, 6) is 0.983. The first-order valence-electron chi connectivity index (χ1n) is 9.19. The minimum Gasteiger partial charge on any atom is -0.488 e. The molecule has 3 rings (SSSR count). The smallest absolute Gasteiger partial charge is 0.129 e. The molecule has 0 saturated heterocycles. The zero-order valence-electron chi connectivity index (χ0n) is 15.5. The van der Waals surface area contributed by atoms with Gasteiger partial charge in [-0.3, -0.25) is 0 Å². The van der Waals surface area contributed by atoms with Crippen LogP contribution in [0.5, 0.6) is 5.75 Å². The SMILES string of the molecule is CCN(CC)CCc1cn(C)c2cccc(OCc3ccccc3)c12. The fourth-order valence-corrected chi connectivity index (χ4v) is 3.37. The zero-order chi connectivity index (χ0) is 17.6. The minimum absolute atomic E-state index is 0.602. The molecule has 3 nitrogen and oxygen atoms in total. The monoisotopic (exact) mass is 336 g/mol. The number of nitrogens with zero attached hydrogens (tertiary/aromatic N) is 2. The Balaban J connectivity index is 1.85. The lowest BCUT2D eigenvalue weighted by atomic mass is 10.1. The van der Waals surface area contributed by atoms with E-state index in [9.17, 15) is 0 Å². The number of likely N-dealkylation sites (N-methyl/N-ethyl adjacent to an activating group) is 1. The van der Waals surface area contributed by atoms with Crippen molar-refractivity contribution in [2.24, 2.45) is 7.05 Å². The molecule has 3 aromatic rings. The third-order valence-electron chi connectivity index (χ3n) is 4.88. The first-order valence-corrected chi connectivity index (χ1v) is 9.19. The van der Waals surface area contributed by atoms with Gasteiger partial charge in [-0.1, -0.05) is 50.2 Å². The predicted octanol–water partition coefficient (Wildman–Crippen LogP) is 4.64. The van der Waals surface area contributed by atoms with Crippen LogP contribution in [0.25, 0.3) is 10.9 Å². The Hall–Kier alpha value is -2.26. The highest BCUT2D eigenvalue weighted by molar-refractivity contribution is 5.90. The first kappa shape index (κ1) is 17.6. The highest BCUT2D eigenvalue weighted by atomic mass is 16.5. The highest BCUT2D eigenvalue weighted by Crippen LogP contribution is 2.31. The van der Waals surface area contributed by atoms with E-state index in [1.165, 1.54) is 22.0 Å². The van der Waals surface area contributed by atoms with Crippen LogP contribution in [-0.4, -0.2) is 29.1 Å². The third-order valence-corrected chi connectivity index (χ3v) is 4.88. The van der Waals surface area contributed by atoms with Crippen molar-refractivity contribution < 1.29 is 4.74 Å². The molecule has 3 heteroatoms. The number of hydrogen-bond acceptors (Lipinski definition) is 2. The van der Waals surface area contributed by atoms with Crippen LogP contribution in [0.2, 0.25) is 0 Å². The molecule has 0 aliphatic carbocycles. The van der Waals surface area contributed by atoms with E-state index in [0.717, 1.165) is 31.8 Å². The van der Waals surface area contributed by atoms with Gasteiger partial charge in [-0.25, -0.2) is 0 Å². The van der Waals surface area contributed by atoms with Crippen LogP contribution in [0.4, 0.5) is 0 Å². The van der Waals surface area contributed by atoms with Gasteiger partial charge in [-0.2, -0.15) is 0 Å². The van der Waals surface area contributed by atoms with Crippen molar-refractivity contribution in [3.05, 3.63) is 65.9 Å². The van der Waals surface area contributed by atoms with Crippen molar-refractivity contribution in [3.8, 4) is 5.75 Å². The molecular formula is C22H28N2O. The van der Waals surface area contributed by atoms with E-state index >= 15 is 0 Å². The molecule has 0 aliphatic heterocycles. The Morgan fingerprint density at radius 2 is 1.72 bits per heavy atom. The Bertz CT molecular complexity index is 804. The van der Waals surface area contributed by atoms with Gasteiger partial charge in [-0.15, -0.1) is 0 Å². The van der Waals surface area contributed by atoms with E-state index < -0.39 is 0 Å². The molecule has 0 aliphatic rings. The van der Waals surface area contributed by atoms with Gasteiger partial charge >= 0.3 is 0 Å². The average molecular weight is 336 g/mol. The highest BCUT2D eigenvalue weighted by Gasteiger charge is 2.13. The normalized spacial score (nSPS) is 11.4. The topological polar surface area (TPSA) is 17.4 Å². The van der Waals surface area contributed by atoms with Gasteiger partial charge in [0.1, 0.15) is 12.4 Å². The summed E-state index contributed by atoms with van der Waals surface area (Å²) in [5.41, 5.74) is 3.80. The van der Waals surface area contributed by atoms with Gasteiger partial charge in [0.05, 0.1) is 5.52 Å². The molecule has 0 N–H and O–H groups in total. The summed E-state index contributed by atoms with van der Waals surface area (Å²) in [6, 6.07) is 16.7. The van der Waals surface area contributed by atoms with Crippen LogP contribution in [-0.2, 0) is 20.1 Å². The largest absolute Gasteiger partial charge is 0.488 e. The summed E-state index contributed by atoms with van der Waals surface area (Å²) < 4.78 is 8.40. The van der Waals surface area contributed by atoms with E-state index in [-0.39, 0.29) is 0 Å². The number of aromatic nitrogens is 1. The average Bonchev–Trinajstić information content (AvgIpc) is 2.98. The Labute approximate surface area is 150 Å². The Kier molecular flexibility index (Phi) is 5.77. The fourth-order valence-electron chi connectivity index (χ4n) is 3.37. The molecular weight excluding hydrogens is 308 g/mol. The van der Waals surface area contributed by atoms with Crippen LogP contribution in [0.1, 0.15) is 25.0 Å². The number of aryl methyl sites for hydroxylation is 1. The summed E-state index contributed by atoms with van der Waals surface area (Å²) >= 11 is 0. The molecule has 1 aromatic heterocycles. The van der Waals surface area contributed by atoms with E-state index in [1.54, 1.807) is 0 Å². The van der Waals surface area contributed by atoms with Crippen LogP contribution < -0.4 is 4.74 Å². The maximum atomic E-state index is 6.19. The molecule has 132 valence electrons. The van der Waals surface area contributed by atoms with Crippen molar-refractivity contribution in [1.29, 1.82) is 0 Å². The fraction of sp³-hybridized carbons (Fsp3) is 0.364. The second-order valence-corrected chi connectivity index (χ2v) is 6.47. The minimum atomic E-state index is 0.602. The molecule has 0 radical (unpaired) electrons. The van der Waals surface area contributed by atoms with Crippen molar-refractivity contribution in [2.75, 3.05) is 19.6 Å². The summed E-state index contributed by atoms with van der Waals surface area (Å²) in [6.07, 6.45) is 3.30. The Morgan fingerprint density at radius 3 is 2.44 bits per heavy atom. The summed E-state index contributed by atoms with van der Waals surface area (Å²) in [6.45, 7) is 8.32. The maximum Gasteiger partial charge on any atom is 0.129 e. The van der Waals surface area contributed by atoms with E-state index in [4.69, 9.17) is 4.74 Å². The molecule has 0 amide bonds. The number of fused-ring (bicyclic) bond motifs is 1. The van der Waals surface area contributed by atoms with Crippen molar-refractivity contribution >= 4 is 10.9 Å². The predicted molar refractivity (Wildman–Crippen MR) is 105 cm³/mol.